The second kappa shape index (κ2) is 5.35. The van der Waals surface area contributed by atoms with Crippen LogP contribution in [0.15, 0.2) is 36.5 Å². The number of aryl methyl sites for hydroxylation is 1. The minimum Gasteiger partial charge on any atom is -0.462 e. The molecule has 0 saturated carbocycles. The van der Waals surface area contributed by atoms with Crippen LogP contribution >= 0.6 is 0 Å². The first-order valence-electron chi connectivity index (χ1n) is 5.66. The van der Waals surface area contributed by atoms with Crippen LogP contribution in [0.2, 0.25) is 0 Å². The third-order valence-electron chi connectivity index (χ3n) is 2.66. The molecule has 94 valence electrons. The number of nitrogens with zero attached hydrogens (tertiary/aromatic N) is 2. The third kappa shape index (κ3) is 2.88. The molecule has 2 N–H and O–H groups in total. The van der Waals surface area contributed by atoms with Crippen LogP contribution in [0.25, 0.3) is 0 Å². The van der Waals surface area contributed by atoms with E-state index in [1.165, 1.54) is 0 Å². The molecule has 0 aliphatic rings. The van der Waals surface area contributed by atoms with Crippen LogP contribution < -0.4 is 5.73 Å². The maximum atomic E-state index is 11.7. The number of rotatable bonds is 4. The lowest BCUT2D eigenvalue weighted by Gasteiger charge is -2.05. The summed E-state index contributed by atoms with van der Waals surface area (Å²) in [5, 5.41) is 4.04. The van der Waals surface area contributed by atoms with Crippen LogP contribution in [0, 0.1) is 0 Å². The molecule has 2 rings (SSSR count). The van der Waals surface area contributed by atoms with Crippen LogP contribution in [0.4, 0.5) is 5.69 Å². The summed E-state index contributed by atoms with van der Waals surface area (Å²) in [5.74, 6) is -0.336. The number of nitrogens with two attached hydrogens (primary N) is 1. The molecule has 2 aromatic rings. The number of benzene rings is 1. The lowest BCUT2D eigenvalue weighted by Crippen LogP contribution is -2.10. The molecule has 1 heterocycles. The number of hydrogen-bond donors (Lipinski definition) is 1. The maximum absolute atomic E-state index is 11.7. The van der Waals surface area contributed by atoms with Crippen molar-refractivity contribution in [1.82, 2.24) is 9.78 Å². The van der Waals surface area contributed by atoms with Gasteiger partial charge in [0.25, 0.3) is 0 Å². The molecule has 5 heteroatoms. The van der Waals surface area contributed by atoms with Gasteiger partial charge in [-0.3, -0.25) is 4.68 Å². The lowest BCUT2D eigenvalue weighted by atomic mass is 10.2. The van der Waals surface area contributed by atoms with Crippen molar-refractivity contribution in [2.45, 2.75) is 6.42 Å². The molecule has 0 atom stereocenters. The number of carbonyl (C=O) groups is 1. The maximum Gasteiger partial charge on any atom is 0.338 e. The molecule has 0 aliphatic carbocycles. The molecule has 0 saturated heterocycles. The Morgan fingerprint density at radius 1 is 1.33 bits per heavy atom. The van der Waals surface area contributed by atoms with Gasteiger partial charge in [-0.25, -0.2) is 4.79 Å². The zero-order valence-corrected chi connectivity index (χ0v) is 10.2. The summed E-state index contributed by atoms with van der Waals surface area (Å²) in [4.78, 5) is 11.7. The highest BCUT2D eigenvalue weighted by atomic mass is 16.5. The number of nitrogen functional groups attached to an aromatic ring is 1. The minimum atomic E-state index is -0.336. The summed E-state index contributed by atoms with van der Waals surface area (Å²) in [5.41, 5.74) is 7.71. The molecular formula is C13H15N3O2. The molecule has 0 bridgehead atoms. The number of carbonyl (C=O) groups excluding carboxylic acids is 1. The van der Waals surface area contributed by atoms with Crippen LogP contribution in [0.1, 0.15) is 16.1 Å². The Bertz CT molecular complexity index is 531. The van der Waals surface area contributed by atoms with E-state index in [0.29, 0.717) is 24.3 Å². The van der Waals surface area contributed by atoms with Crippen molar-refractivity contribution in [1.29, 1.82) is 0 Å². The second-order valence-corrected chi connectivity index (χ2v) is 3.95. The Labute approximate surface area is 105 Å². The SMILES string of the molecule is Cn1nccc1CCOC(=O)c1ccc(N)cc1. The van der Waals surface area contributed by atoms with Crippen LogP contribution in [0.5, 0.6) is 0 Å². The van der Waals surface area contributed by atoms with Gasteiger partial charge in [0.15, 0.2) is 0 Å². The highest BCUT2D eigenvalue weighted by molar-refractivity contribution is 5.89. The van der Waals surface area contributed by atoms with E-state index in [1.54, 1.807) is 35.1 Å². The zero-order chi connectivity index (χ0) is 13.0. The van der Waals surface area contributed by atoms with Gasteiger partial charge in [-0.2, -0.15) is 5.10 Å². The Kier molecular flexibility index (Phi) is 3.62. The highest BCUT2D eigenvalue weighted by Crippen LogP contribution is 2.07. The molecule has 1 aromatic heterocycles. The predicted molar refractivity (Wildman–Crippen MR) is 68.0 cm³/mol. The normalized spacial score (nSPS) is 10.3. The van der Waals surface area contributed by atoms with Crippen molar-refractivity contribution in [3.8, 4) is 0 Å². The van der Waals surface area contributed by atoms with E-state index in [9.17, 15) is 4.79 Å². The lowest BCUT2D eigenvalue weighted by molar-refractivity contribution is 0.0507. The Morgan fingerprint density at radius 3 is 2.67 bits per heavy atom. The second-order valence-electron chi connectivity index (χ2n) is 3.95. The number of ether oxygens (including phenoxy) is 1. The molecule has 0 fully saturated rings. The molecule has 1 aromatic carbocycles. The molecule has 0 aliphatic heterocycles. The van der Waals surface area contributed by atoms with Gasteiger partial charge in [0.05, 0.1) is 12.2 Å². The minimum absolute atomic E-state index is 0.336. The summed E-state index contributed by atoms with van der Waals surface area (Å²) in [7, 11) is 1.86. The summed E-state index contributed by atoms with van der Waals surface area (Å²) in [6.45, 7) is 0.336. The third-order valence-corrected chi connectivity index (χ3v) is 2.66. The fourth-order valence-corrected chi connectivity index (χ4v) is 1.60. The summed E-state index contributed by atoms with van der Waals surface area (Å²) in [6, 6.07) is 8.57. The Morgan fingerprint density at radius 2 is 2.06 bits per heavy atom. The first-order valence-corrected chi connectivity index (χ1v) is 5.66. The summed E-state index contributed by atoms with van der Waals surface area (Å²) >= 11 is 0. The van der Waals surface area contributed by atoms with E-state index in [-0.39, 0.29) is 5.97 Å². The first kappa shape index (κ1) is 12.2. The van der Waals surface area contributed by atoms with Gasteiger partial charge in [-0.1, -0.05) is 0 Å². The number of aromatic nitrogens is 2. The quantitative estimate of drug-likeness (QED) is 0.653. The van der Waals surface area contributed by atoms with Gasteiger partial charge >= 0.3 is 5.97 Å². The molecule has 0 spiro atoms. The zero-order valence-electron chi connectivity index (χ0n) is 10.2. The average Bonchev–Trinajstić information content (AvgIpc) is 2.76. The van der Waals surface area contributed by atoms with Gasteiger partial charge in [-0.05, 0) is 30.3 Å². The van der Waals surface area contributed by atoms with Crippen molar-refractivity contribution in [3.63, 3.8) is 0 Å². The fraction of sp³-hybridized carbons (Fsp3) is 0.231. The highest BCUT2D eigenvalue weighted by Gasteiger charge is 2.07. The van der Waals surface area contributed by atoms with Gasteiger partial charge in [-0.15, -0.1) is 0 Å². The van der Waals surface area contributed by atoms with Gasteiger partial charge in [0, 0.05) is 31.0 Å². The topological polar surface area (TPSA) is 70.1 Å². The van der Waals surface area contributed by atoms with Gasteiger partial charge in [0.1, 0.15) is 0 Å². The molecule has 5 nitrogen and oxygen atoms in total. The Hall–Kier alpha value is -2.30. The Balaban J connectivity index is 1.85. The van der Waals surface area contributed by atoms with E-state index in [1.807, 2.05) is 13.1 Å². The van der Waals surface area contributed by atoms with Crippen LogP contribution in [0.3, 0.4) is 0 Å². The van der Waals surface area contributed by atoms with Crippen molar-refractivity contribution in [2.75, 3.05) is 12.3 Å². The van der Waals surface area contributed by atoms with Crippen LogP contribution in [-0.2, 0) is 18.2 Å². The number of anilines is 1. The summed E-state index contributed by atoms with van der Waals surface area (Å²) < 4.78 is 6.94. The number of hydrogen-bond acceptors (Lipinski definition) is 4. The van der Waals surface area contributed by atoms with Crippen molar-refractivity contribution < 1.29 is 9.53 Å². The van der Waals surface area contributed by atoms with Gasteiger partial charge in [0.2, 0.25) is 0 Å². The first-order chi connectivity index (χ1) is 8.66. The monoisotopic (exact) mass is 245 g/mol. The molecule has 0 unspecified atom stereocenters. The van der Waals surface area contributed by atoms with E-state index in [2.05, 4.69) is 5.10 Å². The predicted octanol–water partition coefficient (Wildman–Crippen LogP) is 1.40. The molecular weight excluding hydrogens is 230 g/mol. The van der Waals surface area contributed by atoms with Crippen molar-refractivity contribution >= 4 is 11.7 Å². The van der Waals surface area contributed by atoms with E-state index < -0.39 is 0 Å². The van der Waals surface area contributed by atoms with E-state index >= 15 is 0 Å². The fourth-order valence-electron chi connectivity index (χ4n) is 1.60. The van der Waals surface area contributed by atoms with E-state index in [0.717, 1.165) is 5.69 Å². The van der Waals surface area contributed by atoms with Gasteiger partial charge < -0.3 is 10.5 Å². The summed E-state index contributed by atoms with van der Waals surface area (Å²) in [6.07, 6.45) is 2.37. The smallest absolute Gasteiger partial charge is 0.338 e. The molecule has 18 heavy (non-hydrogen) atoms. The van der Waals surface area contributed by atoms with Crippen molar-refractivity contribution in [2.24, 2.45) is 7.05 Å². The van der Waals surface area contributed by atoms with Crippen molar-refractivity contribution in [3.05, 3.63) is 47.8 Å². The molecule has 0 amide bonds. The largest absolute Gasteiger partial charge is 0.462 e. The van der Waals surface area contributed by atoms with Crippen LogP contribution in [-0.4, -0.2) is 22.4 Å². The van der Waals surface area contributed by atoms with E-state index in [4.69, 9.17) is 10.5 Å². The molecule has 0 radical (unpaired) electrons. The standard InChI is InChI=1S/C13H15N3O2/c1-16-12(6-8-15-16)7-9-18-13(17)10-2-4-11(14)5-3-10/h2-6,8H,7,9,14H2,1H3. The average molecular weight is 245 g/mol. The number of esters is 1.